The van der Waals surface area contributed by atoms with E-state index in [2.05, 4.69) is 5.32 Å². The molecule has 0 aliphatic carbocycles. The minimum Gasteiger partial charge on any atom is -0.383 e. The van der Waals surface area contributed by atoms with Crippen molar-refractivity contribution in [3.63, 3.8) is 0 Å². The van der Waals surface area contributed by atoms with E-state index in [4.69, 9.17) is 11.0 Å². The van der Waals surface area contributed by atoms with E-state index < -0.39 is 17.3 Å². The van der Waals surface area contributed by atoms with Crippen LogP contribution < -0.4 is 11.1 Å². The molecule has 3 nitrogen and oxygen atoms in total. The summed E-state index contributed by atoms with van der Waals surface area (Å²) in [4.78, 5) is 0. The number of nitrogens with zero attached hydrogens (tertiary/aromatic N) is 1. The van der Waals surface area contributed by atoms with E-state index in [1.54, 1.807) is 6.07 Å². The van der Waals surface area contributed by atoms with Crippen molar-refractivity contribution in [2.45, 2.75) is 25.6 Å². The summed E-state index contributed by atoms with van der Waals surface area (Å²) in [7, 11) is 0. The molecule has 0 aliphatic heterocycles. The number of alkyl halides is 3. The zero-order valence-electron chi connectivity index (χ0n) is 9.88. The Kier molecular flexibility index (Phi) is 4.56. The van der Waals surface area contributed by atoms with Gasteiger partial charge in [-0.2, -0.15) is 18.4 Å². The molecule has 1 rings (SSSR count). The molecule has 3 N–H and O–H groups in total. The van der Waals surface area contributed by atoms with Crippen LogP contribution in [0.4, 0.5) is 18.9 Å². The predicted molar refractivity (Wildman–Crippen MR) is 62.9 cm³/mol. The molecule has 1 atom stereocenters. The Bertz CT molecular complexity index is 449. The molecule has 0 saturated carbocycles. The number of rotatable bonds is 4. The third-order valence-electron chi connectivity index (χ3n) is 2.54. The number of benzene rings is 1. The molecule has 6 heteroatoms. The van der Waals surface area contributed by atoms with Gasteiger partial charge in [-0.3, -0.25) is 0 Å². The fourth-order valence-corrected chi connectivity index (χ4v) is 1.39. The molecule has 98 valence electrons. The van der Waals surface area contributed by atoms with Crippen molar-refractivity contribution in [2.24, 2.45) is 5.73 Å². The first-order valence-corrected chi connectivity index (χ1v) is 5.49. The summed E-state index contributed by atoms with van der Waals surface area (Å²) in [5.74, 6) is 0. The van der Waals surface area contributed by atoms with Gasteiger partial charge in [0.2, 0.25) is 0 Å². The van der Waals surface area contributed by atoms with E-state index in [-0.39, 0.29) is 6.04 Å². The van der Waals surface area contributed by atoms with Crippen LogP contribution in [-0.2, 0) is 6.18 Å². The van der Waals surface area contributed by atoms with Crippen molar-refractivity contribution in [3.05, 3.63) is 29.3 Å². The molecule has 0 aliphatic rings. The SMILES string of the molecule is CCC(N)CNc1ccc(C(F)(F)F)c(C#N)c1. The van der Waals surface area contributed by atoms with Gasteiger partial charge in [-0.05, 0) is 24.6 Å². The topological polar surface area (TPSA) is 61.8 Å². The fraction of sp³-hybridized carbons (Fsp3) is 0.417. The molecular formula is C12H14F3N3. The second-order valence-corrected chi connectivity index (χ2v) is 3.92. The average Bonchev–Trinajstić information content (AvgIpc) is 2.34. The van der Waals surface area contributed by atoms with Crippen LogP contribution in [-0.4, -0.2) is 12.6 Å². The lowest BCUT2D eigenvalue weighted by Crippen LogP contribution is -2.28. The number of hydrogen-bond donors (Lipinski definition) is 2. The smallest absolute Gasteiger partial charge is 0.383 e. The number of anilines is 1. The van der Waals surface area contributed by atoms with Crippen molar-refractivity contribution >= 4 is 5.69 Å². The summed E-state index contributed by atoms with van der Waals surface area (Å²) in [6, 6.07) is 4.87. The van der Waals surface area contributed by atoms with Crippen molar-refractivity contribution in [3.8, 4) is 6.07 Å². The van der Waals surface area contributed by atoms with Gasteiger partial charge in [-0.1, -0.05) is 6.92 Å². The molecule has 0 spiro atoms. The highest BCUT2D eigenvalue weighted by Gasteiger charge is 2.33. The molecular weight excluding hydrogens is 243 g/mol. The third kappa shape index (κ3) is 3.64. The Hall–Kier alpha value is -1.74. The Morgan fingerprint density at radius 3 is 2.61 bits per heavy atom. The van der Waals surface area contributed by atoms with Crippen LogP contribution in [0.25, 0.3) is 0 Å². The van der Waals surface area contributed by atoms with Crippen LogP contribution in [0.15, 0.2) is 18.2 Å². The quantitative estimate of drug-likeness (QED) is 0.871. The molecule has 1 aromatic carbocycles. The third-order valence-corrected chi connectivity index (χ3v) is 2.54. The summed E-state index contributed by atoms with van der Waals surface area (Å²) >= 11 is 0. The molecule has 1 aromatic rings. The van der Waals surface area contributed by atoms with Crippen LogP contribution in [0.3, 0.4) is 0 Å². The molecule has 0 fully saturated rings. The largest absolute Gasteiger partial charge is 0.417 e. The van der Waals surface area contributed by atoms with Crippen LogP contribution >= 0.6 is 0 Å². The zero-order chi connectivity index (χ0) is 13.8. The lowest BCUT2D eigenvalue weighted by Gasteiger charge is -2.13. The van der Waals surface area contributed by atoms with E-state index in [1.165, 1.54) is 12.1 Å². The normalized spacial score (nSPS) is 12.9. The summed E-state index contributed by atoms with van der Waals surface area (Å²) in [5.41, 5.74) is 4.83. The molecule has 0 radical (unpaired) electrons. The monoisotopic (exact) mass is 257 g/mol. The Morgan fingerprint density at radius 1 is 1.44 bits per heavy atom. The van der Waals surface area contributed by atoms with Gasteiger partial charge in [0.25, 0.3) is 0 Å². The Balaban J connectivity index is 2.90. The van der Waals surface area contributed by atoms with Crippen molar-refractivity contribution in [2.75, 3.05) is 11.9 Å². The van der Waals surface area contributed by atoms with Crippen LogP contribution in [0.1, 0.15) is 24.5 Å². The highest BCUT2D eigenvalue weighted by molar-refractivity contribution is 5.53. The fourth-order valence-electron chi connectivity index (χ4n) is 1.39. The molecule has 0 saturated heterocycles. The summed E-state index contributed by atoms with van der Waals surface area (Å²) in [6.07, 6.45) is -3.75. The van der Waals surface area contributed by atoms with Crippen molar-refractivity contribution in [1.29, 1.82) is 5.26 Å². The van der Waals surface area contributed by atoms with Gasteiger partial charge in [-0.15, -0.1) is 0 Å². The number of hydrogen-bond acceptors (Lipinski definition) is 3. The molecule has 0 aromatic heterocycles. The lowest BCUT2D eigenvalue weighted by molar-refractivity contribution is -0.137. The summed E-state index contributed by atoms with van der Waals surface area (Å²) < 4.78 is 37.6. The standard InChI is InChI=1S/C12H14F3N3/c1-2-9(17)7-18-10-3-4-11(12(13,14)15)8(5-10)6-16/h3-5,9,18H,2,7,17H2,1H3. The molecule has 0 bridgehead atoms. The zero-order valence-corrected chi connectivity index (χ0v) is 9.88. The number of nitriles is 1. The maximum absolute atomic E-state index is 12.5. The first-order valence-electron chi connectivity index (χ1n) is 5.49. The van der Waals surface area contributed by atoms with E-state index in [0.717, 1.165) is 12.5 Å². The predicted octanol–water partition coefficient (Wildman–Crippen LogP) is 2.73. The van der Waals surface area contributed by atoms with E-state index >= 15 is 0 Å². The van der Waals surface area contributed by atoms with Gasteiger partial charge in [0.15, 0.2) is 0 Å². The first kappa shape index (κ1) is 14.3. The second-order valence-electron chi connectivity index (χ2n) is 3.92. The molecule has 0 heterocycles. The minimum atomic E-state index is -4.51. The highest BCUT2D eigenvalue weighted by atomic mass is 19.4. The number of halogens is 3. The average molecular weight is 257 g/mol. The Morgan fingerprint density at radius 2 is 2.11 bits per heavy atom. The van der Waals surface area contributed by atoms with E-state index in [1.807, 2.05) is 6.92 Å². The van der Waals surface area contributed by atoms with E-state index in [9.17, 15) is 13.2 Å². The van der Waals surface area contributed by atoms with Gasteiger partial charge in [-0.25, -0.2) is 0 Å². The van der Waals surface area contributed by atoms with Gasteiger partial charge >= 0.3 is 6.18 Å². The lowest BCUT2D eigenvalue weighted by atomic mass is 10.1. The van der Waals surface area contributed by atoms with Crippen molar-refractivity contribution < 1.29 is 13.2 Å². The van der Waals surface area contributed by atoms with Gasteiger partial charge < -0.3 is 11.1 Å². The molecule has 18 heavy (non-hydrogen) atoms. The highest BCUT2D eigenvalue weighted by Crippen LogP contribution is 2.32. The molecule has 1 unspecified atom stereocenters. The van der Waals surface area contributed by atoms with E-state index in [0.29, 0.717) is 12.2 Å². The van der Waals surface area contributed by atoms with Gasteiger partial charge in [0, 0.05) is 18.3 Å². The minimum absolute atomic E-state index is 0.0715. The van der Waals surface area contributed by atoms with Crippen LogP contribution in [0.5, 0.6) is 0 Å². The second kappa shape index (κ2) is 5.74. The maximum atomic E-state index is 12.5. The number of nitrogens with one attached hydrogen (secondary N) is 1. The Labute approximate surface area is 103 Å². The summed E-state index contributed by atoms with van der Waals surface area (Å²) in [5, 5.41) is 11.6. The van der Waals surface area contributed by atoms with Crippen molar-refractivity contribution in [1.82, 2.24) is 0 Å². The maximum Gasteiger partial charge on any atom is 0.417 e. The van der Waals surface area contributed by atoms with Gasteiger partial charge in [0.1, 0.15) is 0 Å². The number of nitrogens with two attached hydrogens (primary N) is 1. The summed E-state index contributed by atoms with van der Waals surface area (Å²) in [6.45, 7) is 2.37. The van der Waals surface area contributed by atoms with Crippen LogP contribution in [0.2, 0.25) is 0 Å². The first-order chi connectivity index (χ1) is 8.38. The van der Waals surface area contributed by atoms with Crippen LogP contribution in [0, 0.1) is 11.3 Å². The van der Waals surface area contributed by atoms with Gasteiger partial charge in [0.05, 0.1) is 17.2 Å². The molecule has 0 amide bonds.